The lowest BCUT2D eigenvalue weighted by Crippen LogP contribution is -2.18. The number of carbonyl (C=O) groups excluding carboxylic acids is 1. The normalized spacial score (nSPS) is 10.3. The van der Waals surface area contributed by atoms with Crippen molar-refractivity contribution in [1.82, 2.24) is 4.98 Å². The number of carbonyl (C=O) groups is 1. The molecule has 1 aromatic heterocycles. The molecule has 0 unspecified atom stereocenters. The molecule has 3 aromatic rings. The van der Waals surface area contributed by atoms with Gasteiger partial charge in [-0.15, -0.1) is 0 Å². The van der Waals surface area contributed by atoms with Gasteiger partial charge in [-0.1, -0.05) is 30.3 Å². The molecule has 27 heavy (non-hydrogen) atoms. The number of nitrogens with one attached hydrogen (secondary N) is 1. The summed E-state index contributed by atoms with van der Waals surface area (Å²) in [5.41, 5.74) is 4.47. The number of rotatable bonds is 6. The molecule has 2 aromatic carbocycles. The molecule has 1 N–H and O–H groups in total. The Kier molecular flexibility index (Phi) is 5.71. The van der Waals surface area contributed by atoms with Gasteiger partial charge in [0.2, 0.25) is 0 Å². The number of aromatic nitrogens is 1. The lowest BCUT2D eigenvalue weighted by Gasteiger charge is -2.19. The number of amides is 1. The molecular weight excluding hydrogens is 336 g/mol. The van der Waals surface area contributed by atoms with Crippen molar-refractivity contribution >= 4 is 23.0 Å². The van der Waals surface area contributed by atoms with Crippen molar-refractivity contribution in [2.45, 2.75) is 6.54 Å². The number of pyridine rings is 1. The standard InChI is InChI=1S/C22H24N4O/c1-25(2)20-11-9-19(10-12-20)24-22(27)18-13-21(15-23-14-18)26(3)16-17-7-5-4-6-8-17/h4-15H,16H2,1-3H3,(H,24,27). The molecule has 0 saturated carbocycles. The van der Waals surface area contributed by atoms with Crippen LogP contribution >= 0.6 is 0 Å². The molecule has 3 rings (SSSR count). The van der Waals surface area contributed by atoms with Gasteiger partial charge in [-0.3, -0.25) is 9.78 Å². The molecule has 0 aliphatic rings. The van der Waals surface area contributed by atoms with Gasteiger partial charge in [0.05, 0.1) is 17.4 Å². The van der Waals surface area contributed by atoms with Gasteiger partial charge in [-0.05, 0) is 35.9 Å². The second-order valence-corrected chi connectivity index (χ2v) is 6.67. The lowest BCUT2D eigenvalue weighted by molar-refractivity contribution is 0.102. The largest absolute Gasteiger partial charge is 0.378 e. The molecule has 0 radical (unpaired) electrons. The average molecular weight is 360 g/mol. The van der Waals surface area contributed by atoms with Gasteiger partial charge < -0.3 is 15.1 Å². The first-order valence-corrected chi connectivity index (χ1v) is 8.82. The highest BCUT2D eigenvalue weighted by molar-refractivity contribution is 6.04. The Morgan fingerprint density at radius 1 is 0.926 bits per heavy atom. The van der Waals surface area contributed by atoms with Crippen molar-refractivity contribution in [3.05, 3.63) is 84.2 Å². The minimum Gasteiger partial charge on any atom is -0.378 e. The second-order valence-electron chi connectivity index (χ2n) is 6.67. The third-order valence-corrected chi connectivity index (χ3v) is 4.33. The van der Waals surface area contributed by atoms with Crippen LogP contribution < -0.4 is 15.1 Å². The molecular formula is C22H24N4O. The summed E-state index contributed by atoms with van der Waals surface area (Å²) in [6.07, 6.45) is 3.36. The van der Waals surface area contributed by atoms with Crippen LogP contribution in [-0.2, 0) is 6.54 Å². The zero-order valence-corrected chi connectivity index (χ0v) is 15.9. The first kappa shape index (κ1) is 18.5. The highest BCUT2D eigenvalue weighted by Crippen LogP contribution is 2.19. The molecule has 5 heteroatoms. The van der Waals surface area contributed by atoms with E-state index in [0.29, 0.717) is 5.56 Å². The maximum absolute atomic E-state index is 12.6. The average Bonchev–Trinajstić information content (AvgIpc) is 2.69. The molecule has 0 saturated heterocycles. The third kappa shape index (κ3) is 4.85. The molecule has 1 amide bonds. The van der Waals surface area contributed by atoms with Crippen LogP contribution in [0, 0.1) is 0 Å². The predicted octanol–water partition coefficient (Wildman–Crippen LogP) is 4.04. The zero-order chi connectivity index (χ0) is 19.2. The summed E-state index contributed by atoms with van der Waals surface area (Å²) in [5.74, 6) is -0.171. The molecule has 0 atom stereocenters. The number of hydrogen-bond acceptors (Lipinski definition) is 4. The molecule has 0 fully saturated rings. The maximum atomic E-state index is 12.6. The zero-order valence-electron chi connectivity index (χ0n) is 15.9. The summed E-state index contributed by atoms with van der Waals surface area (Å²) in [4.78, 5) is 20.9. The van der Waals surface area contributed by atoms with E-state index in [9.17, 15) is 4.79 Å². The van der Waals surface area contributed by atoms with E-state index in [1.807, 2.05) is 74.6 Å². The van der Waals surface area contributed by atoms with Crippen LogP contribution in [0.2, 0.25) is 0 Å². The van der Waals surface area contributed by atoms with Crippen molar-refractivity contribution in [2.75, 3.05) is 36.3 Å². The summed E-state index contributed by atoms with van der Waals surface area (Å²) in [6, 6.07) is 19.8. The fourth-order valence-electron chi connectivity index (χ4n) is 2.76. The first-order chi connectivity index (χ1) is 13.0. The van der Waals surface area contributed by atoms with E-state index in [1.165, 1.54) is 5.56 Å². The van der Waals surface area contributed by atoms with Crippen LogP contribution in [0.3, 0.4) is 0 Å². The van der Waals surface area contributed by atoms with Crippen molar-refractivity contribution in [2.24, 2.45) is 0 Å². The van der Waals surface area contributed by atoms with E-state index in [0.717, 1.165) is 23.6 Å². The van der Waals surface area contributed by atoms with Crippen LogP contribution in [0.4, 0.5) is 17.1 Å². The van der Waals surface area contributed by atoms with E-state index in [1.54, 1.807) is 12.4 Å². The SMILES string of the molecule is CN(C)c1ccc(NC(=O)c2cncc(N(C)Cc3ccccc3)c2)cc1. The van der Waals surface area contributed by atoms with Crippen molar-refractivity contribution < 1.29 is 4.79 Å². The van der Waals surface area contributed by atoms with Crippen LogP contribution in [-0.4, -0.2) is 32.0 Å². The van der Waals surface area contributed by atoms with Gasteiger partial charge in [0.1, 0.15) is 0 Å². The van der Waals surface area contributed by atoms with E-state index in [4.69, 9.17) is 0 Å². The Morgan fingerprint density at radius 2 is 1.63 bits per heavy atom. The molecule has 1 heterocycles. The third-order valence-electron chi connectivity index (χ3n) is 4.33. The van der Waals surface area contributed by atoms with Gasteiger partial charge in [0.15, 0.2) is 0 Å². The fraction of sp³-hybridized carbons (Fsp3) is 0.182. The van der Waals surface area contributed by atoms with Gasteiger partial charge in [-0.25, -0.2) is 0 Å². The Morgan fingerprint density at radius 3 is 2.30 bits per heavy atom. The van der Waals surface area contributed by atoms with Crippen LogP contribution in [0.1, 0.15) is 15.9 Å². The quantitative estimate of drug-likeness (QED) is 0.721. The summed E-state index contributed by atoms with van der Waals surface area (Å²) >= 11 is 0. The Balaban J connectivity index is 1.69. The second kappa shape index (κ2) is 8.36. The summed E-state index contributed by atoms with van der Waals surface area (Å²) in [7, 11) is 5.96. The highest BCUT2D eigenvalue weighted by atomic mass is 16.1. The van der Waals surface area contributed by atoms with Crippen molar-refractivity contribution in [3.8, 4) is 0 Å². The Hall–Kier alpha value is -3.34. The van der Waals surface area contributed by atoms with E-state index >= 15 is 0 Å². The van der Waals surface area contributed by atoms with Crippen LogP contribution in [0.25, 0.3) is 0 Å². The highest BCUT2D eigenvalue weighted by Gasteiger charge is 2.10. The monoisotopic (exact) mass is 360 g/mol. The molecule has 0 aliphatic carbocycles. The van der Waals surface area contributed by atoms with E-state index in [-0.39, 0.29) is 5.91 Å². The molecule has 5 nitrogen and oxygen atoms in total. The molecule has 0 spiro atoms. The Bertz CT molecular complexity index is 892. The number of benzene rings is 2. The lowest BCUT2D eigenvalue weighted by atomic mass is 10.2. The first-order valence-electron chi connectivity index (χ1n) is 8.82. The fourth-order valence-corrected chi connectivity index (χ4v) is 2.76. The smallest absolute Gasteiger partial charge is 0.257 e. The van der Waals surface area contributed by atoms with E-state index in [2.05, 4.69) is 27.3 Å². The van der Waals surface area contributed by atoms with Crippen molar-refractivity contribution in [3.63, 3.8) is 0 Å². The topological polar surface area (TPSA) is 48.5 Å². The minimum atomic E-state index is -0.171. The number of hydrogen-bond donors (Lipinski definition) is 1. The predicted molar refractivity (Wildman–Crippen MR) is 112 cm³/mol. The molecule has 138 valence electrons. The number of anilines is 3. The van der Waals surface area contributed by atoms with Gasteiger partial charge in [-0.2, -0.15) is 0 Å². The summed E-state index contributed by atoms with van der Waals surface area (Å²) in [5, 5.41) is 2.92. The molecule has 0 aliphatic heterocycles. The minimum absolute atomic E-state index is 0.171. The van der Waals surface area contributed by atoms with Gasteiger partial charge in [0, 0.05) is 45.3 Å². The van der Waals surface area contributed by atoms with Crippen molar-refractivity contribution in [1.29, 1.82) is 0 Å². The maximum Gasteiger partial charge on any atom is 0.257 e. The van der Waals surface area contributed by atoms with Gasteiger partial charge >= 0.3 is 0 Å². The van der Waals surface area contributed by atoms with E-state index < -0.39 is 0 Å². The van der Waals surface area contributed by atoms with Gasteiger partial charge in [0.25, 0.3) is 5.91 Å². The molecule has 0 bridgehead atoms. The summed E-state index contributed by atoms with van der Waals surface area (Å²) < 4.78 is 0. The summed E-state index contributed by atoms with van der Waals surface area (Å²) in [6.45, 7) is 0.750. The van der Waals surface area contributed by atoms with Crippen LogP contribution in [0.15, 0.2) is 73.1 Å². The van der Waals surface area contributed by atoms with Crippen LogP contribution in [0.5, 0.6) is 0 Å². The Labute approximate surface area is 160 Å². The number of nitrogens with zero attached hydrogens (tertiary/aromatic N) is 3.